The van der Waals surface area contributed by atoms with Gasteiger partial charge in [-0.1, -0.05) is 0 Å². The van der Waals surface area contributed by atoms with Crippen molar-refractivity contribution in [3.8, 4) is 0 Å². The van der Waals surface area contributed by atoms with Crippen molar-refractivity contribution >= 4 is 29.8 Å². The van der Waals surface area contributed by atoms with Crippen molar-refractivity contribution in [2.75, 3.05) is 13.2 Å². The van der Waals surface area contributed by atoms with Gasteiger partial charge in [-0.05, 0) is 0 Å². The Balaban J connectivity index is 2.61. The van der Waals surface area contributed by atoms with Crippen molar-refractivity contribution < 1.29 is 17.7 Å². The summed E-state index contributed by atoms with van der Waals surface area (Å²) in [6.07, 6.45) is -0.0754. The third-order valence-electron chi connectivity index (χ3n) is 2.33. The van der Waals surface area contributed by atoms with E-state index in [-0.39, 0.29) is 11.8 Å². The minimum absolute atomic E-state index is 0.0836. The van der Waals surface area contributed by atoms with E-state index in [1.807, 2.05) is 6.92 Å². The maximum absolute atomic E-state index is 12.2. The molecule has 0 saturated carbocycles. The van der Waals surface area contributed by atoms with E-state index in [2.05, 4.69) is 0 Å². The standard InChI is InChI=1S/C12H18AsClO4/c1-2-6-18-9-12(15)8-13(16,17)10-4-3-5-11(14)7-10/h3-5,7,12,15H,2,6,8-9H2,1H3,(H,16,17). The SMILES string of the molecule is CCCOCC(O)C[As](=O)(O)c1cccc(Cl)c1. The predicted octanol–water partition coefficient (Wildman–Crippen LogP) is 1.20. The van der Waals surface area contributed by atoms with Gasteiger partial charge in [-0.25, -0.2) is 0 Å². The Hall–Kier alpha value is -0.252. The summed E-state index contributed by atoms with van der Waals surface area (Å²) in [5, 5.41) is 9.92. The summed E-state index contributed by atoms with van der Waals surface area (Å²) in [4.78, 5) is 0. The summed E-state index contributed by atoms with van der Waals surface area (Å²) < 4.78 is 27.6. The van der Waals surface area contributed by atoms with Crippen LogP contribution in [0, 0.1) is 0 Å². The number of hydrogen-bond acceptors (Lipinski definition) is 3. The second-order valence-electron chi connectivity index (χ2n) is 4.09. The molecule has 0 bridgehead atoms. The molecule has 6 heteroatoms. The molecule has 0 radical (unpaired) electrons. The van der Waals surface area contributed by atoms with Gasteiger partial charge < -0.3 is 0 Å². The van der Waals surface area contributed by atoms with Crippen LogP contribution in [0.3, 0.4) is 0 Å². The summed E-state index contributed by atoms with van der Waals surface area (Å²) in [5.41, 5.74) is 0. The molecule has 0 heterocycles. The summed E-state index contributed by atoms with van der Waals surface area (Å²) in [6.45, 7) is 2.58. The summed E-state index contributed by atoms with van der Waals surface area (Å²) in [7, 11) is 0. The van der Waals surface area contributed by atoms with Crippen molar-refractivity contribution in [2.24, 2.45) is 0 Å². The van der Waals surface area contributed by atoms with Crippen molar-refractivity contribution in [3.05, 3.63) is 29.3 Å². The molecule has 0 amide bonds. The van der Waals surface area contributed by atoms with Gasteiger partial charge in [0.25, 0.3) is 0 Å². The van der Waals surface area contributed by atoms with Crippen molar-refractivity contribution in [3.63, 3.8) is 0 Å². The van der Waals surface area contributed by atoms with Gasteiger partial charge in [0, 0.05) is 0 Å². The molecule has 102 valence electrons. The number of halogens is 1. The van der Waals surface area contributed by atoms with Crippen LogP contribution in [0.15, 0.2) is 24.3 Å². The van der Waals surface area contributed by atoms with Crippen LogP contribution < -0.4 is 4.35 Å². The first-order chi connectivity index (χ1) is 8.45. The Bertz CT molecular complexity index is 424. The van der Waals surface area contributed by atoms with Gasteiger partial charge in [-0.15, -0.1) is 0 Å². The zero-order valence-electron chi connectivity index (χ0n) is 10.3. The molecule has 18 heavy (non-hydrogen) atoms. The van der Waals surface area contributed by atoms with E-state index < -0.39 is 19.9 Å². The predicted molar refractivity (Wildman–Crippen MR) is 71.7 cm³/mol. The summed E-state index contributed by atoms with van der Waals surface area (Å²) in [6, 6.07) is 6.30. The fourth-order valence-corrected chi connectivity index (χ4v) is 5.10. The van der Waals surface area contributed by atoms with Crippen LogP contribution in [0.5, 0.6) is 0 Å². The van der Waals surface area contributed by atoms with E-state index in [0.29, 0.717) is 16.0 Å². The molecule has 2 atom stereocenters. The molecule has 2 unspecified atom stereocenters. The molecule has 0 spiro atoms. The van der Waals surface area contributed by atoms with E-state index in [1.54, 1.807) is 18.2 Å². The van der Waals surface area contributed by atoms with Crippen LogP contribution in [0.1, 0.15) is 13.3 Å². The zero-order chi connectivity index (χ0) is 13.6. The first-order valence-electron chi connectivity index (χ1n) is 5.79. The first-order valence-corrected chi connectivity index (χ1v) is 10.0. The average Bonchev–Trinajstić information content (AvgIpc) is 2.28. The Morgan fingerprint density at radius 2 is 2.22 bits per heavy atom. The third kappa shape index (κ3) is 5.17. The Morgan fingerprint density at radius 3 is 2.83 bits per heavy atom. The molecule has 4 nitrogen and oxygen atoms in total. The van der Waals surface area contributed by atoms with Crippen LogP contribution in [0.4, 0.5) is 0 Å². The van der Waals surface area contributed by atoms with E-state index in [9.17, 15) is 12.9 Å². The van der Waals surface area contributed by atoms with E-state index >= 15 is 0 Å². The normalized spacial score (nSPS) is 16.2. The second kappa shape index (κ2) is 7.37. The van der Waals surface area contributed by atoms with E-state index in [4.69, 9.17) is 16.3 Å². The number of aliphatic hydroxyl groups excluding tert-OH is 1. The van der Waals surface area contributed by atoms with Crippen LogP contribution in [0.25, 0.3) is 0 Å². The van der Waals surface area contributed by atoms with Gasteiger partial charge in [0.05, 0.1) is 0 Å². The monoisotopic (exact) mass is 336 g/mol. The average molecular weight is 337 g/mol. The zero-order valence-corrected chi connectivity index (χ0v) is 12.9. The molecule has 0 aliphatic heterocycles. The van der Waals surface area contributed by atoms with Gasteiger partial charge in [-0.2, -0.15) is 0 Å². The first kappa shape index (κ1) is 15.8. The van der Waals surface area contributed by atoms with Gasteiger partial charge >= 0.3 is 115 Å². The van der Waals surface area contributed by atoms with Gasteiger partial charge in [-0.3, -0.25) is 0 Å². The number of aliphatic hydroxyl groups is 1. The molecule has 1 aromatic rings. The molecule has 2 N–H and O–H groups in total. The van der Waals surface area contributed by atoms with Crippen LogP contribution >= 0.6 is 11.6 Å². The molecule has 0 fully saturated rings. The fourth-order valence-electron chi connectivity index (χ4n) is 1.50. The van der Waals surface area contributed by atoms with Gasteiger partial charge in [0.15, 0.2) is 0 Å². The summed E-state index contributed by atoms with van der Waals surface area (Å²) >= 11 is 1.52. The number of hydrogen-bond donors (Lipinski definition) is 2. The third-order valence-corrected chi connectivity index (χ3v) is 6.76. The maximum atomic E-state index is 12.2. The number of ether oxygens (including phenoxy) is 1. The van der Waals surface area contributed by atoms with Crippen LogP contribution in [-0.2, 0) is 8.48 Å². The fraction of sp³-hybridized carbons (Fsp3) is 0.500. The topological polar surface area (TPSA) is 66.8 Å². The second-order valence-corrected chi connectivity index (χ2v) is 9.32. The van der Waals surface area contributed by atoms with E-state index in [1.165, 1.54) is 6.07 Å². The molecule has 1 rings (SSSR count). The number of rotatable bonds is 7. The van der Waals surface area contributed by atoms with Crippen molar-refractivity contribution in [1.82, 2.24) is 0 Å². The van der Waals surface area contributed by atoms with E-state index in [0.717, 1.165) is 6.42 Å². The van der Waals surface area contributed by atoms with Gasteiger partial charge in [0.2, 0.25) is 0 Å². The molecular formula is C12H18AsClO4. The molecule has 0 aliphatic carbocycles. The minimum atomic E-state index is -4.26. The molecule has 0 aliphatic rings. The summed E-state index contributed by atoms with van der Waals surface area (Å²) in [5.74, 6) is 0. The van der Waals surface area contributed by atoms with Crippen LogP contribution in [0.2, 0.25) is 10.2 Å². The van der Waals surface area contributed by atoms with Crippen molar-refractivity contribution in [2.45, 2.75) is 24.7 Å². The molecule has 0 aromatic heterocycles. The Morgan fingerprint density at radius 1 is 1.50 bits per heavy atom. The molecule has 0 saturated heterocycles. The Labute approximate surface area is 115 Å². The molecule has 1 aromatic carbocycles. The molecular weight excluding hydrogens is 319 g/mol. The number of benzene rings is 1. The Kier molecular flexibility index (Phi) is 6.47. The van der Waals surface area contributed by atoms with Gasteiger partial charge in [0.1, 0.15) is 0 Å². The van der Waals surface area contributed by atoms with Crippen molar-refractivity contribution in [1.29, 1.82) is 0 Å². The quantitative estimate of drug-likeness (QED) is 0.580. The van der Waals surface area contributed by atoms with Crippen LogP contribution in [-0.4, -0.2) is 42.4 Å².